The Bertz CT molecular complexity index is 1020. The molecule has 1 saturated carbocycles. The number of nitrogens with zero attached hydrogens (tertiary/aromatic N) is 4. The van der Waals surface area contributed by atoms with Crippen molar-refractivity contribution in [2.45, 2.75) is 6.42 Å². The quantitative estimate of drug-likeness (QED) is 0.269. The Labute approximate surface area is 159 Å². The number of carbonyl (C=O) groups is 2. The molecule has 140 valence electrons. The number of aromatic nitrogens is 1. The monoisotopic (exact) mass is 376 g/mol. The van der Waals surface area contributed by atoms with Gasteiger partial charge in [0.05, 0.1) is 28.7 Å². The number of nitro groups is 1. The molecule has 2 aromatic rings. The Morgan fingerprint density at radius 2 is 1.68 bits per heavy atom. The lowest BCUT2D eigenvalue weighted by Crippen LogP contribution is -2.28. The van der Waals surface area contributed by atoms with Gasteiger partial charge in [0.25, 0.3) is 17.5 Å². The number of carbonyl (C=O) groups excluding carboxylic acids is 2. The van der Waals surface area contributed by atoms with Crippen molar-refractivity contribution >= 4 is 23.7 Å². The van der Waals surface area contributed by atoms with E-state index in [2.05, 4.69) is 5.10 Å². The minimum atomic E-state index is -0.453. The summed E-state index contributed by atoms with van der Waals surface area (Å²) in [4.78, 5) is 35.7. The summed E-state index contributed by atoms with van der Waals surface area (Å²) >= 11 is 0. The van der Waals surface area contributed by atoms with E-state index in [4.69, 9.17) is 0 Å². The van der Waals surface area contributed by atoms with Crippen LogP contribution in [0, 0.1) is 33.8 Å². The van der Waals surface area contributed by atoms with Crippen LogP contribution in [0.4, 0.5) is 5.69 Å². The van der Waals surface area contributed by atoms with Gasteiger partial charge in [-0.3, -0.25) is 19.7 Å². The first-order chi connectivity index (χ1) is 13.5. The lowest BCUT2D eigenvalue weighted by atomic mass is 9.85. The van der Waals surface area contributed by atoms with Gasteiger partial charge in [0, 0.05) is 24.0 Å². The van der Waals surface area contributed by atoms with Gasteiger partial charge >= 0.3 is 0 Å². The van der Waals surface area contributed by atoms with Crippen LogP contribution < -0.4 is 0 Å². The fourth-order valence-electron chi connectivity index (χ4n) is 4.59. The maximum atomic E-state index is 12.7. The molecule has 4 unspecified atom stereocenters. The van der Waals surface area contributed by atoms with Crippen LogP contribution in [-0.4, -0.2) is 32.5 Å². The first kappa shape index (κ1) is 16.6. The molecule has 8 heteroatoms. The fraction of sp³-hybridized carbons (Fsp3) is 0.250. The van der Waals surface area contributed by atoms with Gasteiger partial charge in [0.2, 0.25) is 0 Å². The zero-order valence-electron chi connectivity index (χ0n) is 14.7. The number of non-ortho nitro benzene ring substituents is 1. The summed E-state index contributed by atoms with van der Waals surface area (Å²) in [7, 11) is 0. The number of hydrazone groups is 1. The highest BCUT2D eigenvalue weighted by Gasteiger charge is 2.59. The van der Waals surface area contributed by atoms with E-state index >= 15 is 0 Å². The number of benzene rings is 1. The summed E-state index contributed by atoms with van der Waals surface area (Å²) in [6, 6.07) is 9.71. The molecule has 0 N–H and O–H groups in total. The van der Waals surface area contributed by atoms with Crippen LogP contribution >= 0.6 is 0 Å². The number of hydrogen-bond acceptors (Lipinski definition) is 5. The van der Waals surface area contributed by atoms with E-state index in [-0.39, 0.29) is 41.2 Å². The molecule has 0 radical (unpaired) electrons. The summed E-state index contributed by atoms with van der Waals surface area (Å²) < 4.78 is 1.78. The largest absolute Gasteiger partial charge is 0.316 e. The van der Waals surface area contributed by atoms with Crippen molar-refractivity contribution in [3.63, 3.8) is 0 Å². The summed E-state index contributed by atoms with van der Waals surface area (Å²) in [6.45, 7) is 0. The molecule has 1 aromatic heterocycles. The van der Waals surface area contributed by atoms with Crippen LogP contribution in [-0.2, 0) is 9.59 Å². The van der Waals surface area contributed by atoms with Crippen molar-refractivity contribution in [1.82, 2.24) is 9.58 Å². The smallest absolute Gasteiger partial charge is 0.269 e. The van der Waals surface area contributed by atoms with Gasteiger partial charge < -0.3 is 4.57 Å². The maximum absolute atomic E-state index is 12.7. The Morgan fingerprint density at radius 3 is 2.29 bits per heavy atom. The van der Waals surface area contributed by atoms with Crippen LogP contribution in [0.5, 0.6) is 0 Å². The molecule has 2 aliphatic carbocycles. The average Bonchev–Trinajstić information content (AvgIpc) is 3.46. The summed E-state index contributed by atoms with van der Waals surface area (Å²) in [6.07, 6.45) is 8.24. The van der Waals surface area contributed by atoms with E-state index in [0.29, 0.717) is 5.69 Å². The van der Waals surface area contributed by atoms with Gasteiger partial charge in [-0.2, -0.15) is 10.1 Å². The Balaban J connectivity index is 1.40. The van der Waals surface area contributed by atoms with Gasteiger partial charge in [0.15, 0.2) is 0 Å². The molecule has 2 amide bonds. The van der Waals surface area contributed by atoms with Crippen molar-refractivity contribution in [3.05, 3.63) is 70.6 Å². The van der Waals surface area contributed by atoms with E-state index in [0.717, 1.165) is 17.1 Å². The lowest BCUT2D eigenvalue weighted by Gasteiger charge is -2.13. The van der Waals surface area contributed by atoms with Gasteiger partial charge in [0.1, 0.15) is 0 Å². The summed E-state index contributed by atoms with van der Waals surface area (Å²) in [5.41, 5.74) is 1.39. The molecule has 2 fully saturated rings. The Hall–Kier alpha value is -3.55. The third kappa shape index (κ3) is 2.34. The molecule has 1 aliphatic heterocycles. The van der Waals surface area contributed by atoms with Gasteiger partial charge in [-0.1, -0.05) is 12.2 Å². The third-order valence-electron chi connectivity index (χ3n) is 5.87. The molecular formula is C20H16N4O4. The summed E-state index contributed by atoms with van der Waals surface area (Å²) in [5, 5.41) is 16.0. The lowest BCUT2D eigenvalue weighted by molar-refractivity contribution is -0.384. The van der Waals surface area contributed by atoms with Crippen molar-refractivity contribution in [3.8, 4) is 5.69 Å². The topological polar surface area (TPSA) is 97.8 Å². The standard InChI is InChI=1S/C20H16N4O4/c25-19-17-12-3-4-13(10-12)18(17)20(26)23(19)21-11-16-2-1-9-22(16)14-5-7-15(8-6-14)24(27)28/h1-9,11-13,17-18H,10H2. The second-order valence-electron chi connectivity index (χ2n) is 7.31. The van der Waals surface area contributed by atoms with Crippen molar-refractivity contribution < 1.29 is 14.5 Å². The van der Waals surface area contributed by atoms with E-state index in [1.807, 2.05) is 12.2 Å². The zero-order valence-corrected chi connectivity index (χ0v) is 14.7. The predicted octanol–water partition coefficient (Wildman–Crippen LogP) is 2.53. The van der Waals surface area contributed by atoms with E-state index in [1.54, 1.807) is 35.0 Å². The zero-order chi connectivity index (χ0) is 19.4. The third-order valence-corrected chi connectivity index (χ3v) is 5.87. The molecule has 28 heavy (non-hydrogen) atoms. The van der Waals surface area contributed by atoms with Crippen LogP contribution in [0.2, 0.25) is 0 Å². The minimum absolute atomic E-state index is 0.00848. The summed E-state index contributed by atoms with van der Waals surface area (Å²) in [5.74, 6) is -0.707. The van der Waals surface area contributed by atoms with E-state index < -0.39 is 4.92 Å². The number of allylic oxidation sites excluding steroid dienone is 2. The van der Waals surface area contributed by atoms with E-state index in [1.165, 1.54) is 18.3 Å². The predicted molar refractivity (Wildman–Crippen MR) is 99.6 cm³/mol. The van der Waals surface area contributed by atoms with Crippen LogP contribution in [0.15, 0.2) is 59.8 Å². The van der Waals surface area contributed by atoms with Crippen molar-refractivity contribution in [2.75, 3.05) is 0 Å². The highest BCUT2D eigenvalue weighted by molar-refractivity contribution is 6.06. The number of fused-ring (bicyclic) bond motifs is 5. The molecule has 0 spiro atoms. The normalized spacial score (nSPS) is 27.9. The first-order valence-electron chi connectivity index (χ1n) is 9.07. The number of amides is 2. The minimum Gasteiger partial charge on any atom is -0.316 e. The number of nitro benzene ring substituents is 1. The highest BCUT2D eigenvalue weighted by atomic mass is 16.6. The molecule has 8 nitrogen and oxygen atoms in total. The molecule has 1 saturated heterocycles. The molecular weight excluding hydrogens is 360 g/mol. The highest BCUT2D eigenvalue weighted by Crippen LogP contribution is 2.52. The fourth-order valence-corrected chi connectivity index (χ4v) is 4.59. The molecule has 1 aromatic carbocycles. The van der Waals surface area contributed by atoms with Gasteiger partial charge in [-0.15, -0.1) is 0 Å². The molecule has 2 heterocycles. The Morgan fingerprint density at radius 1 is 1.04 bits per heavy atom. The van der Waals surface area contributed by atoms with Crippen molar-refractivity contribution in [1.29, 1.82) is 0 Å². The second-order valence-corrected chi connectivity index (χ2v) is 7.31. The number of rotatable bonds is 4. The van der Waals surface area contributed by atoms with E-state index in [9.17, 15) is 19.7 Å². The Kier molecular flexibility index (Phi) is 3.55. The van der Waals surface area contributed by atoms with Crippen LogP contribution in [0.3, 0.4) is 0 Å². The number of hydrogen-bond donors (Lipinski definition) is 0. The molecule has 2 bridgehead atoms. The number of imide groups is 1. The maximum Gasteiger partial charge on any atom is 0.269 e. The molecule has 5 rings (SSSR count). The molecule has 4 atom stereocenters. The van der Waals surface area contributed by atoms with Crippen molar-refractivity contribution in [2.24, 2.45) is 28.8 Å². The molecule has 3 aliphatic rings. The van der Waals surface area contributed by atoms with Crippen LogP contribution in [0.25, 0.3) is 5.69 Å². The average molecular weight is 376 g/mol. The van der Waals surface area contributed by atoms with Crippen LogP contribution in [0.1, 0.15) is 12.1 Å². The second kappa shape index (κ2) is 5.98. The van der Waals surface area contributed by atoms with Gasteiger partial charge in [-0.05, 0) is 42.5 Å². The first-order valence-corrected chi connectivity index (χ1v) is 9.07. The van der Waals surface area contributed by atoms with Gasteiger partial charge in [-0.25, -0.2) is 0 Å². The SMILES string of the molecule is O=C1C2C3C=CC(C3)C2C(=O)N1N=Cc1cccn1-c1ccc([N+](=O)[O-])cc1.